The Morgan fingerprint density at radius 3 is 2.52 bits per heavy atom. The highest BCUT2D eigenvalue weighted by molar-refractivity contribution is 5.96. The first-order valence-electron chi connectivity index (χ1n) is 6.89. The van der Waals surface area contributed by atoms with E-state index in [1.807, 2.05) is 42.6 Å². The maximum Gasteiger partial charge on any atom is 0.252 e. The maximum absolute atomic E-state index is 12.8. The molecule has 112 valence electrons. The van der Waals surface area contributed by atoms with Crippen LogP contribution in [0.1, 0.15) is 12.8 Å². The lowest BCUT2D eigenvalue weighted by molar-refractivity contribution is -0.126. The van der Waals surface area contributed by atoms with Crippen molar-refractivity contribution in [3.8, 4) is 0 Å². The third-order valence-electron chi connectivity index (χ3n) is 3.83. The van der Waals surface area contributed by atoms with Gasteiger partial charge in [0.15, 0.2) is 0 Å². The van der Waals surface area contributed by atoms with Gasteiger partial charge in [0.05, 0.1) is 0 Å². The Labute approximate surface area is 130 Å². The summed E-state index contributed by atoms with van der Waals surface area (Å²) in [6, 6.07) is 11.4. The number of halogens is 1. The van der Waals surface area contributed by atoms with Crippen LogP contribution in [0.3, 0.4) is 0 Å². The smallest absolute Gasteiger partial charge is 0.252 e. The van der Waals surface area contributed by atoms with Gasteiger partial charge in [-0.3, -0.25) is 9.48 Å². The molecule has 3 rings (SSSR count). The molecule has 1 aromatic heterocycles. The average molecular weight is 307 g/mol. The number of hydrogen-bond acceptors (Lipinski definition) is 3. The largest absolute Gasteiger partial charge is 0.324 e. The van der Waals surface area contributed by atoms with Crippen molar-refractivity contribution in [2.45, 2.75) is 18.4 Å². The molecule has 1 saturated heterocycles. The number of rotatable bonds is 3. The summed E-state index contributed by atoms with van der Waals surface area (Å²) in [5.74, 6) is 0.00824. The van der Waals surface area contributed by atoms with Crippen molar-refractivity contribution in [3.05, 3.63) is 48.8 Å². The van der Waals surface area contributed by atoms with Gasteiger partial charge in [0, 0.05) is 18.1 Å². The molecular weight excluding hydrogens is 288 g/mol. The summed E-state index contributed by atoms with van der Waals surface area (Å²) < 4.78 is 1.80. The van der Waals surface area contributed by atoms with E-state index in [-0.39, 0.29) is 18.3 Å². The first kappa shape index (κ1) is 15.5. The molecule has 0 bridgehead atoms. The highest BCUT2D eigenvalue weighted by Crippen LogP contribution is 2.28. The first-order chi connectivity index (χ1) is 9.81. The molecule has 0 spiro atoms. The molecule has 0 saturated carbocycles. The van der Waals surface area contributed by atoms with Gasteiger partial charge >= 0.3 is 0 Å². The molecule has 1 aliphatic heterocycles. The SMILES string of the molecule is Cl.O=C(Nc1ccccc1)C1(n2cccn2)CCNCC1. The zero-order valence-electron chi connectivity index (χ0n) is 11.7. The molecule has 1 aliphatic rings. The summed E-state index contributed by atoms with van der Waals surface area (Å²) in [5, 5.41) is 10.6. The van der Waals surface area contributed by atoms with Crippen LogP contribution >= 0.6 is 12.4 Å². The standard InChI is InChI=1S/C15H18N4O.ClH/c20-14(18-13-5-2-1-3-6-13)15(7-10-16-11-8-15)19-12-4-9-17-19;/h1-6,9,12,16H,7-8,10-11H2,(H,18,20);1H. The van der Waals surface area contributed by atoms with Crippen LogP contribution in [0.5, 0.6) is 0 Å². The fraction of sp³-hybridized carbons (Fsp3) is 0.333. The Hall–Kier alpha value is -1.85. The van der Waals surface area contributed by atoms with E-state index in [4.69, 9.17) is 0 Å². The molecule has 1 amide bonds. The molecule has 0 aliphatic carbocycles. The van der Waals surface area contributed by atoms with Gasteiger partial charge in [0.2, 0.25) is 0 Å². The number of benzene rings is 1. The Morgan fingerprint density at radius 2 is 1.90 bits per heavy atom. The zero-order valence-corrected chi connectivity index (χ0v) is 12.5. The Morgan fingerprint density at radius 1 is 1.19 bits per heavy atom. The van der Waals surface area contributed by atoms with Crippen LogP contribution in [0.4, 0.5) is 5.69 Å². The molecule has 2 heterocycles. The quantitative estimate of drug-likeness (QED) is 0.912. The van der Waals surface area contributed by atoms with Gasteiger partial charge in [-0.25, -0.2) is 0 Å². The van der Waals surface area contributed by atoms with Crippen LogP contribution in [0.2, 0.25) is 0 Å². The lowest BCUT2D eigenvalue weighted by Gasteiger charge is -2.36. The Bertz CT molecular complexity index is 565. The average Bonchev–Trinajstić information content (AvgIpc) is 3.04. The Kier molecular flexibility index (Phi) is 4.98. The number of nitrogens with zero attached hydrogens (tertiary/aromatic N) is 2. The van der Waals surface area contributed by atoms with Crippen molar-refractivity contribution in [2.75, 3.05) is 18.4 Å². The van der Waals surface area contributed by atoms with Crippen LogP contribution in [-0.4, -0.2) is 28.8 Å². The lowest BCUT2D eigenvalue weighted by atomic mass is 9.87. The monoisotopic (exact) mass is 306 g/mol. The minimum Gasteiger partial charge on any atom is -0.324 e. The summed E-state index contributed by atoms with van der Waals surface area (Å²) in [6.45, 7) is 1.64. The van der Waals surface area contributed by atoms with E-state index < -0.39 is 5.54 Å². The van der Waals surface area contributed by atoms with Crippen molar-refractivity contribution in [2.24, 2.45) is 0 Å². The number of piperidine rings is 1. The minimum atomic E-state index is -0.593. The summed E-state index contributed by atoms with van der Waals surface area (Å²) >= 11 is 0. The maximum atomic E-state index is 12.8. The second-order valence-electron chi connectivity index (χ2n) is 5.05. The van der Waals surface area contributed by atoms with Crippen LogP contribution < -0.4 is 10.6 Å². The highest BCUT2D eigenvalue weighted by Gasteiger charge is 2.41. The van der Waals surface area contributed by atoms with Gasteiger partial charge in [-0.15, -0.1) is 12.4 Å². The number of carbonyl (C=O) groups excluding carboxylic acids is 1. The Balaban J connectivity index is 0.00000161. The minimum absolute atomic E-state index is 0. The number of carbonyl (C=O) groups is 1. The molecule has 0 atom stereocenters. The van der Waals surface area contributed by atoms with Crippen molar-refractivity contribution in [3.63, 3.8) is 0 Å². The molecule has 0 unspecified atom stereocenters. The van der Waals surface area contributed by atoms with E-state index in [1.165, 1.54) is 0 Å². The van der Waals surface area contributed by atoms with Crippen molar-refractivity contribution in [1.29, 1.82) is 0 Å². The summed E-state index contributed by atoms with van der Waals surface area (Å²) in [7, 11) is 0. The molecular formula is C15H19ClN4O. The van der Waals surface area contributed by atoms with Gasteiger partial charge < -0.3 is 10.6 Å². The first-order valence-corrected chi connectivity index (χ1v) is 6.89. The normalized spacial score (nSPS) is 16.8. The summed E-state index contributed by atoms with van der Waals surface area (Å²) in [5.41, 5.74) is 0.229. The van der Waals surface area contributed by atoms with Gasteiger partial charge in [-0.1, -0.05) is 18.2 Å². The van der Waals surface area contributed by atoms with Crippen LogP contribution in [-0.2, 0) is 10.3 Å². The molecule has 1 fully saturated rings. The number of hydrogen-bond donors (Lipinski definition) is 2. The predicted molar refractivity (Wildman–Crippen MR) is 84.6 cm³/mol. The number of para-hydroxylation sites is 1. The molecule has 6 heteroatoms. The van der Waals surface area contributed by atoms with Gasteiger partial charge in [0.25, 0.3) is 5.91 Å². The molecule has 2 N–H and O–H groups in total. The van der Waals surface area contributed by atoms with Crippen molar-refractivity contribution in [1.82, 2.24) is 15.1 Å². The van der Waals surface area contributed by atoms with E-state index in [9.17, 15) is 4.79 Å². The number of nitrogens with one attached hydrogen (secondary N) is 2. The topological polar surface area (TPSA) is 59.0 Å². The molecule has 1 aromatic carbocycles. The fourth-order valence-electron chi connectivity index (χ4n) is 2.69. The predicted octanol–water partition coefficient (Wildman–Crippen LogP) is 2.02. The lowest BCUT2D eigenvalue weighted by Crippen LogP contribution is -2.52. The molecule has 0 radical (unpaired) electrons. The highest BCUT2D eigenvalue weighted by atomic mass is 35.5. The third-order valence-corrected chi connectivity index (χ3v) is 3.83. The van der Waals surface area contributed by atoms with Gasteiger partial charge in [0.1, 0.15) is 5.54 Å². The second-order valence-corrected chi connectivity index (χ2v) is 5.05. The van der Waals surface area contributed by atoms with Gasteiger partial charge in [-0.2, -0.15) is 5.10 Å². The van der Waals surface area contributed by atoms with E-state index in [2.05, 4.69) is 15.7 Å². The van der Waals surface area contributed by atoms with E-state index in [1.54, 1.807) is 10.9 Å². The zero-order chi connectivity index (χ0) is 13.8. The molecule has 5 nitrogen and oxygen atoms in total. The van der Waals surface area contributed by atoms with Crippen molar-refractivity contribution >= 4 is 24.0 Å². The molecule has 2 aromatic rings. The third kappa shape index (κ3) is 3.09. The van der Waals surface area contributed by atoms with Crippen molar-refractivity contribution < 1.29 is 4.79 Å². The summed E-state index contributed by atoms with van der Waals surface area (Å²) in [4.78, 5) is 12.8. The van der Waals surface area contributed by atoms with Crippen LogP contribution in [0, 0.1) is 0 Å². The number of amides is 1. The van der Waals surface area contributed by atoms with Crippen LogP contribution in [0.25, 0.3) is 0 Å². The van der Waals surface area contributed by atoms with Gasteiger partial charge in [-0.05, 0) is 44.1 Å². The fourth-order valence-corrected chi connectivity index (χ4v) is 2.69. The number of anilines is 1. The number of aromatic nitrogens is 2. The molecule has 21 heavy (non-hydrogen) atoms. The van der Waals surface area contributed by atoms with E-state index in [0.29, 0.717) is 0 Å². The summed E-state index contributed by atoms with van der Waals surface area (Å²) in [6.07, 6.45) is 5.08. The second kappa shape index (κ2) is 6.74. The van der Waals surface area contributed by atoms with Crippen LogP contribution in [0.15, 0.2) is 48.8 Å². The van der Waals surface area contributed by atoms with E-state index in [0.717, 1.165) is 31.6 Å². The van der Waals surface area contributed by atoms with E-state index >= 15 is 0 Å².